The highest BCUT2D eigenvalue weighted by atomic mass is 16.5. The first kappa shape index (κ1) is 18.9. The zero-order valence-corrected chi connectivity index (χ0v) is 15.5. The number of rotatable bonds is 5. The van der Waals surface area contributed by atoms with Crippen LogP contribution in [0.25, 0.3) is 0 Å². The zero-order valence-electron chi connectivity index (χ0n) is 15.5. The van der Waals surface area contributed by atoms with E-state index in [0.717, 1.165) is 12.1 Å². The average Bonchev–Trinajstić information content (AvgIpc) is 2.65. The molecule has 0 radical (unpaired) electrons. The smallest absolute Gasteiger partial charge is 0.315 e. The third-order valence-electron chi connectivity index (χ3n) is 4.99. The highest BCUT2D eigenvalue weighted by Crippen LogP contribution is 2.45. The van der Waals surface area contributed by atoms with Crippen LogP contribution in [-0.2, 0) is 14.3 Å². The first-order valence-electron chi connectivity index (χ1n) is 8.93. The van der Waals surface area contributed by atoms with Gasteiger partial charge in [0.25, 0.3) is 0 Å². The van der Waals surface area contributed by atoms with Crippen LogP contribution in [0.3, 0.4) is 0 Å². The maximum atomic E-state index is 12.8. The number of methoxy groups -OCH3 is 1. The maximum Gasteiger partial charge on any atom is 0.315 e. The Kier molecular flexibility index (Phi) is 5.44. The Hall–Kier alpha value is -2.89. The van der Waals surface area contributed by atoms with Gasteiger partial charge in [-0.25, -0.2) is 0 Å². The number of esters is 1. The Morgan fingerprint density at radius 2 is 2.19 bits per heavy atom. The molecule has 6 heteroatoms. The average molecular weight is 369 g/mol. The Labute approximate surface area is 158 Å². The van der Waals surface area contributed by atoms with Crippen molar-refractivity contribution < 1.29 is 24.2 Å². The van der Waals surface area contributed by atoms with Crippen molar-refractivity contribution in [3.63, 3.8) is 0 Å². The molecule has 0 saturated carbocycles. The van der Waals surface area contributed by atoms with Crippen molar-refractivity contribution in [1.82, 2.24) is 0 Å². The van der Waals surface area contributed by atoms with E-state index in [2.05, 4.69) is 11.6 Å². The zero-order chi connectivity index (χ0) is 19.6. The van der Waals surface area contributed by atoms with Crippen LogP contribution in [0.15, 0.2) is 47.1 Å². The Balaban J connectivity index is 2.14. The van der Waals surface area contributed by atoms with E-state index in [-0.39, 0.29) is 23.9 Å². The number of ketones is 1. The normalized spacial score (nSPS) is 22.0. The monoisotopic (exact) mass is 369 g/mol. The van der Waals surface area contributed by atoms with Gasteiger partial charge in [-0.05, 0) is 37.5 Å². The van der Waals surface area contributed by atoms with E-state index in [0.29, 0.717) is 29.7 Å². The van der Waals surface area contributed by atoms with Gasteiger partial charge in [-0.1, -0.05) is 18.7 Å². The van der Waals surface area contributed by atoms with Gasteiger partial charge in [-0.2, -0.15) is 0 Å². The molecule has 1 aliphatic carbocycles. The number of benzene rings is 1. The van der Waals surface area contributed by atoms with Crippen molar-refractivity contribution in [2.24, 2.45) is 10.9 Å². The summed E-state index contributed by atoms with van der Waals surface area (Å²) >= 11 is 0. The minimum Gasteiger partial charge on any atom is -0.504 e. The molecule has 142 valence electrons. The van der Waals surface area contributed by atoms with Crippen LogP contribution in [0.2, 0.25) is 0 Å². The van der Waals surface area contributed by atoms with Gasteiger partial charge < -0.3 is 14.6 Å². The number of aliphatic imine (C=N–C) groups is 1. The van der Waals surface area contributed by atoms with Gasteiger partial charge in [-0.15, -0.1) is 0 Å². The fourth-order valence-corrected chi connectivity index (χ4v) is 3.79. The molecule has 0 fully saturated rings. The summed E-state index contributed by atoms with van der Waals surface area (Å²) in [5, 5.41) is 9.93. The molecule has 3 rings (SSSR count). The number of Topliss-reactive ketones (excluding diaryl/α,β-unsaturated/α-hetero) is 1. The second-order valence-corrected chi connectivity index (χ2v) is 6.70. The maximum absolute atomic E-state index is 12.8. The van der Waals surface area contributed by atoms with Crippen LogP contribution < -0.4 is 4.74 Å². The summed E-state index contributed by atoms with van der Waals surface area (Å²) in [5.74, 6) is -1.38. The fraction of sp³-hybridized carbons (Fsp3) is 0.381. The Morgan fingerprint density at radius 1 is 1.41 bits per heavy atom. The molecule has 1 aromatic rings. The summed E-state index contributed by atoms with van der Waals surface area (Å²) in [7, 11) is 1.46. The lowest BCUT2D eigenvalue weighted by Crippen LogP contribution is -2.37. The van der Waals surface area contributed by atoms with Crippen LogP contribution in [0, 0.1) is 5.92 Å². The summed E-state index contributed by atoms with van der Waals surface area (Å²) in [6, 6.07) is 4.88. The highest BCUT2D eigenvalue weighted by Gasteiger charge is 2.43. The van der Waals surface area contributed by atoms with Gasteiger partial charge >= 0.3 is 5.97 Å². The van der Waals surface area contributed by atoms with Crippen molar-refractivity contribution >= 4 is 17.5 Å². The molecular formula is C21H23NO5. The van der Waals surface area contributed by atoms with Crippen molar-refractivity contribution in [3.8, 4) is 11.5 Å². The number of allylic oxidation sites excluding steroid dienone is 2. The van der Waals surface area contributed by atoms with E-state index >= 15 is 0 Å². The molecule has 1 aromatic carbocycles. The lowest BCUT2D eigenvalue weighted by atomic mass is 9.71. The SMILES string of the molecule is C=CCOC(=O)C1C(C)=NC2=C(C(=O)CCC2)[C@H]1c1ccc(O)c(OC)c1. The van der Waals surface area contributed by atoms with Crippen LogP contribution in [0.4, 0.5) is 0 Å². The quantitative estimate of drug-likeness (QED) is 0.636. The minimum absolute atomic E-state index is 0.00240. The molecule has 1 unspecified atom stereocenters. The third kappa shape index (κ3) is 3.52. The second kappa shape index (κ2) is 7.78. The number of nitrogens with zero attached hydrogens (tertiary/aromatic N) is 1. The molecule has 6 nitrogen and oxygen atoms in total. The predicted octanol–water partition coefficient (Wildman–Crippen LogP) is 3.31. The number of hydrogen-bond acceptors (Lipinski definition) is 6. The second-order valence-electron chi connectivity index (χ2n) is 6.70. The molecule has 2 atom stereocenters. The number of phenols is 1. The highest BCUT2D eigenvalue weighted by molar-refractivity contribution is 6.08. The third-order valence-corrected chi connectivity index (χ3v) is 4.99. The summed E-state index contributed by atoms with van der Waals surface area (Å²) in [6.45, 7) is 5.45. The molecular weight excluding hydrogens is 346 g/mol. The number of carbonyl (C=O) groups excluding carboxylic acids is 2. The molecule has 27 heavy (non-hydrogen) atoms. The number of ether oxygens (including phenoxy) is 2. The van der Waals surface area contributed by atoms with Gasteiger partial charge in [0, 0.05) is 29.3 Å². The van der Waals surface area contributed by atoms with E-state index in [9.17, 15) is 14.7 Å². The summed E-state index contributed by atoms with van der Waals surface area (Å²) < 4.78 is 10.5. The molecule has 0 bridgehead atoms. The Morgan fingerprint density at radius 3 is 2.89 bits per heavy atom. The lowest BCUT2D eigenvalue weighted by molar-refractivity contribution is -0.145. The van der Waals surface area contributed by atoms with Crippen molar-refractivity contribution in [1.29, 1.82) is 0 Å². The van der Waals surface area contributed by atoms with Crippen LogP contribution in [-0.4, -0.2) is 36.3 Å². The van der Waals surface area contributed by atoms with Gasteiger partial charge in [0.15, 0.2) is 17.3 Å². The molecule has 0 spiro atoms. The molecule has 1 heterocycles. The van der Waals surface area contributed by atoms with E-state index in [1.807, 2.05) is 0 Å². The van der Waals surface area contributed by atoms with Crippen molar-refractivity contribution in [2.75, 3.05) is 13.7 Å². The van der Waals surface area contributed by atoms with E-state index in [4.69, 9.17) is 9.47 Å². The number of aromatic hydroxyl groups is 1. The largest absolute Gasteiger partial charge is 0.504 e. The van der Waals surface area contributed by atoms with Crippen molar-refractivity contribution in [2.45, 2.75) is 32.1 Å². The molecule has 1 aliphatic heterocycles. The van der Waals surface area contributed by atoms with Crippen LogP contribution in [0.1, 0.15) is 37.7 Å². The number of hydrogen-bond donors (Lipinski definition) is 1. The standard InChI is InChI=1S/C21H23NO5/c1-4-10-27-21(25)18-12(2)22-14-6-5-7-16(24)20(14)19(18)13-8-9-15(23)17(11-13)26-3/h4,8-9,11,18-19,23H,1,5-7,10H2,2-3H3/t18?,19-/m0/s1. The summed E-state index contributed by atoms with van der Waals surface area (Å²) in [4.78, 5) is 30.1. The number of carbonyl (C=O) groups is 2. The summed E-state index contributed by atoms with van der Waals surface area (Å²) in [6.07, 6.45) is 3.40. The van der Waals surface area contributed by atoms with Crippen LogP contribution in [0.5, 0.6) is 11.5 Å². The van der Waals surface area contributed by atoms with E-state index < -0.39 is 17.8 Å². The van der Waals surface area contributed by atoms with Gasteiger partial charge in [0.05, 0.1) is 7.11 Å². The molecule has 0 amide bonds. The van der Waals surface area contributed by atoms with Crippen LogP contribution >= 0.6 is 0 Å². The van der Waals surface area contributed by atoms with Gasteiger partial charge in [-0.3, -0.25) is 14.6 Å². The first-order chi connectivity index (χ1) is 13.0. The topological polar surface area (TPSA) is 85.2 Å². The number of phenolic OH excluding ortho intramolecular Hbond substituents is 1. The van der Waals surface area contributed by atoms with E-state index in [1.165, 1.54) is 19.3 Å². The van der Waals surface area contributed by atoms with Crippen molar-refractivity contribution in [3.05, 3.63) is 47.7 Å². The minimum atomic E-state index is -0.708. The van der Waals surface area contributed by atoms with Gasteiger partial charge in [0.1, 0.15) is 12.5 Å². The first-order valence-corrected chi connectivity index (χ1v) is 8.93. The summed E-state index contributed by atoms with van der Waals surface area (Å²) in [5.41, 5.74) is 2.64. The van der Waals surface area contributed by atoms with E-state index in [1.54, 1.807) is 19.1 Å². The molecule has 0 saturated heterocycles. The molecule has 2 aliphatic rings. The van der Waals surface area contributed by atoms with Gasteiger partial charge in [0.2, 0.25) is 0 Å². The Bertz CT molecular complexity index is 852. The predicted molar refractivity (Wildman–Crippen MR) is 101 cm³/mol. The lowest BCUT2D eigenvalue weighted by Gasteiger charge is -2.34. The fourth-order valence-electron chi connectivity index (χ4n) is 3.79. The molecule has 1 N–H and O–H groups in total. The molecule has 0 aromatic heterocycles.